The highest BCUT2D eigenvalue weighted by molar-refractivity contribution is 4.63. The van der Waals surface area contributed by atoms with Gasteiger partial charge in [0.1, 0.15) is 0 Å². The second-order valence-electron chi connectivity index (χ2n) is 3.69. The largest absolute Gasteiger partial charge is 0.377 e. The molecule has 1 atom stereocenters. The third-order valence-corrected chi connectivity index (χ3v) is 1.99. The molecule has 0 aromatic carbocycles. The van der Waals surface area contributed by atoms with Gasteiger partial charge in [-0.1, -0.05) is 0 Å². The van der Waals surface area contributed by atoms with Crippen molar-refractivity contribution in [1.29, 1.82) is 0 Å². The Bertz CT molecular complexity index is 135. The van der Waals surface area contributed by atoms with Crippen molar-refractivity contribution >= 4 is 0 Å². The molecule has 0 amide bonds. The van der Waals surface area contributed by atoms with Crippen LogP contribution in [0.15, 0.2) is 0 Å². The van der Waals surface area contributed by atoms with Gasteiger partial charge in [0.2, 0.25) is 0 Å². The Balaban J connectivity index is 1.87. The van der Waals surface area contributed by atoms with Crippen LogP contribution in [-0.4, -0.2) is 51.7 Å². The standard InChI is InChI=1S/C10H21NO3/c1-9(2)13-4-3-11-7-10-8-12-5-6-14-10/h9-11H,3-8H2,1-2H3. The molecule has 1 saturated heterocycles. The monoisotopic (exact) mass is 203 g/mol. The zero-order valence-corrected chi connectivity index (χ0v) is 9.12. The van der Waals surface area contributed by atoms with Gasteiger partial charge >= 0.3 is 0 Å². The van der Waals surface area contributed by atoms with Crippen LogP contribution in [0.2, 0.25) is 0 Å². The quantitative estimate of drug-likeness (QED) is 0.635. The maximum absolute atomic E-state index is 5.48. The fourth-order valence-electron chi connectivity index (χ4n) is 1.28. The molecule has 4 heteroatoms. The van der Waals surface area contributed by atoms with Gasteiger partial charge in [0.05, 0.1) is 38.6 Å². The molecule has 0 saturated carbocycles. The summed E-state index contributed by atoms with van der Waals surface area (Å²) in [5.74, 6) is 0. The minimum atomic E-state index is 0.211. The van der Waals surface area contributed by atoms with Gasteiger partial charge in [0, 0.05) is 13.1 Å². The molecule has 0 bridgehead atoms. The van der Waals surface area contributed by atoms with E-state index in [1.165, 1.54) is 0 Å². The number of rotatable bonds is 6. The van der Waals surface area contributed by atoms with Crippen LogP contribution in [0.25, 0.3) is 0 Å². The van der Waals surface area contributed by atoms with Gasteiger partial charge in [0.15, 0.2) is 0 Å². The van der Waals surface area contributed by atoms with Crippen LogP contribution in [0.4, 0.5) is 0 Å². The summed E-state index contributed by atoms with van der Waals surface area (Å²) in [6.07, 6.45) is 0.522. The van der Waals surface area contributed by atoms with Crippen molar-refractivity contribution in [1.82, 2.24) is 5.32 Å². The predicted octanol–water partition coefficient (Wildman–Crippen LogP) is 0.416. The first-order valence-corrected chi connectivity index (χ1v) is 5.30. The Kier molecular flexibility index (Phi) is 6.10. The summed E-state index contributed by atoms with van der Waals surface area (Å²) in [6, 6.07) is 0. The lowest BCUT2D eigenvalue weighted by molar-refractivity contribution is -0.0866. The summed E-state index contributed by atoms with van der Waals surface area (Å²) in [7, 11) is 0. The smallest absolute Gasteiger partial charge is 0.0933 e. The molecular weight excluding hydrogens is 182 g/mol. The minimum Gasteiger partial charge on any atom is -0.377 e. The van der Waals surface area contributed by atoms with Crippen molar-refractivity contribution in [3.05, 3.63) is 0 Å². The molecular formula is C10H21NO3. The second kappa shape index (κ2) is 7.17. The normalized spacial score (nSPS) is 22.9. The Morgan fingerprint density at radius 3 is 2.93 bits per heavy atom. The molecule has 4 nitrogen and oxygen atoms in total. The lowest BCUT2D eigenvalue weighted by Gasteiger charge is -2.23. The summed E-state index contributed by atoms with van der Waals surface area (Å²) in [4.78, 5) is 0. The summed E-state index contributed by atoms with van der Waals surface area (Å²) >= 11 is 0. The van der Waals surface area contributed by atoms with E-state index in [2.05, 4.69) is 5.32 Å². The molecule has 0 aliphatic carbocycles. The number of hydrogen-bond acceptors (Lipinski definition) is 4. The maximum Gasteiger partial charge on any atom is 0.0933 e. The molecule has 0 spiro atoms. The van der Waals surface area contributed by atoms with Gasteiger partial charge < -0.3 is 19.5 Å². The highest BCUT2D eigenvalue weighted by Gasteiger charge is 2.12. The molecule has 1 heterocycles. The lowest BCUT2D eigenvalue weighted by Crippen LogP contribution is -2.38. The van der Waals surface area contributed by atoms with Crippen molar-refractivity contribution in [2.24, 2.45) is 0 Å². The minimum absolute atomic E-state index is 0.211. The van der Waals surface area contributed by atoms with Crippen molar-refractivity contribution in [2.45, 2.75) is 26.1 Å². The Labute approximate surface area is 85.9 Å². The first-order valence-electron chi connectivity index (χ1n) is 5.30. The van der Waals surface area contributed by atoms with Crippen LogP contribution >= 0.6 is 0 Å². The highest BCUT2D eigenvalue weighted by atomic mass is 16.6. The van der Waals surface area contributed by atoms with Crippen LogP contribution in [0, 0.1) is 0 Å². The third kappa shape index (κ3) is 5.54. The average molecular weight is 203 g/mol. The fraction of sp³-hybridized carbons (Fsp3) is 1.00. The Hall–Kier alpha value is -0.160. The molecule has 14 heavy (non-hydrogen) atoms. The van der Waals surface area contributed by atoms with Crippen LogP contribution in [-0.2, 0) is 14.2 Å². The number of hydrogen-bond donors (Lipinski definition) is 1. The molecule has 1 aliphatic rings. The SMILES string of the molecule is CC(C)OCCNCC1COCCO1. The van der Waals surface area contributed by atoms with E-state index >= 15 is 0 Å². The van der Waals surface area contributed by atoms with Crippen LogP contribution in [0.1, 0.15) is 13.8 Å². The van der Waals surface area contributed by atoms with Crippen molar-refractivity contribution < 1.29 is 14.2 Å². The molecule has 1 aliphatic heterocycles. The van der Waals surface area contributed by atoms with Crippen molar-refractivity contribution in [3.63, 3.8) is 0 Å². The second-order valence-corrected chi connectivity index (χ2v) is 3.69. The molecule has 0 aromatic rings. The predicted molar refractivity (Wildman–Crippen MR) is 54.5 cm³/mol. The molecule has 0 aromatic heterocycles. The van der Waals surface area contributed by atoms with Gasteiger partial charge in [0.25, 0.3) is 0 Å². The maximum atomic E-state index is 5.48. The van der Waals surface area contributed by atoms with Crippen molar-refractivity contribution in [3.8, 4) is 0 Å². The zero-order chi connectivity index (χ0) is 10.2. The van der Waals surface area contributed by atoms with Gasteiger partial charge in [-0.15, -0.1) is 0 Å². The van der Waals surface area contributed by atoms with Gasteiger partial charge in [-0.05, 0) is 13.8 Å². The first-order chi connectivity index (χ1) is 6.79. The highest BCUT2D eigenvalue weighted by Crippen LogP contribution is 1.98. The van der Waals surface area contributed by atoms with E-state index < -0.39 is 0 Å². The lowest BCUT2D eigenvalue weighted by atomic mass is 10.3. The van der Waals surface area contributed by atoms with Gasteiger partial charge in [-0.2, -0.15) is 0 Å². The van der Waals surface area contributed by atoms with Crippen LogP contribution in [0.3, 0.4) is 0 Å². The van der Waals surface area contributed by atoms with E-state index in [0.29, 0.717) is 12.7 Å². The summed E-state index contributed by atoms with van der Waals surface area (Å²) in [5, 5.41) is 3.28. The molecule has 1 rings (SSSR count). The third-order valence-electron chi connectivity index (χ3n) is 1.99. The summed E-state index contributed by atoms with van der Waals surface area (Å²) in [5.41, 5.74) is 0. The number of nitrogens with one attached hydrogen (secondary N) is 1. The summed E-state index contributed by atoms with van der Waals surface area (Å²) in [6.45, 7) is 8.71. The average Bonchev–Trinajstić information content (AvgIpc) is 2.18. The molecule has 1 N–H and O–H groups in total. The molecule has 0 radical (unpaired) electrons. The van der Waals surface area contributed by atoms with E-state index in [4.69, 9.17) is 14.2 Å². The Morgan fingerprint density at radius 2 is 2.29 bits per heavy atom. The fourth-order valence-corrected chi connectivity index (χ4v) is 1.28. The number of ether oxygens (including phenoxy) is 3. The first kappa shape index (κ1) is 11.9. The summed E-state index contributed by atoms with van der Waals surface area (Å²) < 4.78 is 16.2. The molecule has 84 valence electrons. The van der Waals surface area contributed by atoms with Crippen LogP contribution in [0.5, 0.6) is 0 Å². The van der Waals surface area contributed by atoms with Crippen molar-refractivity contribution in [2.75, 3.05) is 39.5 Å². The van der Waals surface area contributed by atoms with E-state index in [-0.39, 0.29) is 6.10 Å². The van der Waals surface area contributed by atoms with Gasteiger partial charge in [-0.3, -0.25) is 0 Å². The van der Waals surface area contributed by atoms with E-state index in [1.807, 2.05) is 13.8 Å². The molecule has 1 fully saturated rings. The van der Waals surface area contributed by atoms with E-state index in [1.54, 1.807) is 0 Å². The Morgan fingerprint density at radius 1 is 1.43 bits per heavy atom. The van der Waals surface area contributed by atoms with Crippen LogP contribution < -0.4 is 5.32 Å². The van der Waals surface area contributed by atoms with E-state index in [0.717, 1.165) is 32.9 Å². The topological polar surface area (TPSA) is 39.7 Å². The van der Waals surface area contributed by atoms with E-state index in [9.17, 15) is 0 Å². The zero-order valence-electron chi connectivity index (χ0n) is 9.12. The van der Waals surface area contributed by atoms with Gasteiger partial charge in [-0.25, -0.2) is 0 Å². The molecule has 1 unspecified atom stereocenters.